The lowest BCUT2D eigenvalue weighted by atomic mass is 10.0. The highest BCUT2D eigenvalue weighted by Gasteiger charge is 2.16. The minimum atomic E-state index is -0.337. The van der Waals surface area contributed by atoms with Crippen LogP contribution in [0.1, 0.15) is 0 Å². The van der Waals surface area contributed by atoms with Crippen molar-refractivity contribution in [2.75, 3.05) is 11.9 Å². The highest BCUT2D eigenvalue weighted by Crippen LogP contribution is 2.29. The van der Waals surface area contributed by atoms with E-state index in [0.29, 0.717) is 29.5 Å². The fourth-order valence-corrected chi connectivity index (χ4v) is 2.80. The molecule has 0 amide bonds. The third-order valence-corrected chi connectivity index (χ3v) is 4.05. The van der Waals surface area contributed by atoms with E-state index in [0.717, 1.165) is 11.1 Å². The number of hydrogen-bond donors (Lipinski definition) is 2. The van der Waals surface area contributed by atoms with Gasteiger partial charge in [0, 0.05) is 17.7 Å². The molecule has 0 fully saturated rings. The summed E-state index contributed by atoms with van der Waals surface area (Å²) in [5.74, 6) is 0.341. The molecular formula is C21H17N5O. The van der Waals surface area contributed by atoms with Crippen LogP contribution >= 0.6 is 0 Å². The number of rotatable bonds is 5. The second-order valence-electron chi connectivity index (χ2n) is 5.91. The number of fused-ring (bicyclic) bond motifs is 1. The minimum Gasteiger partial charge on any atom is -0.352 e. The first-order valence-electron chi connectivity index (χ1n) is 8.54. The fourth-order valence-electron chi connectivity index (χ4n) is 2.80. The average molecular weight is 355 g/mol. The summed E-state index contributed by atoms with van der Waals surface area (Å²) >= 11 is 0. The molecule has 0 unspecified atom stereocenters. The second-order valence-corrected chi connectivity index (χ2v) is 5.91. The summed E-state index contributed by atoms with van der Waals surface area (Å²) in [5.41, 5.74) is 3.29. The molecule has 0 saturated carbocycles. The van der Waals surface area contributed by atoms with Crippen LogP contribution in [-0.2, 0) is 0 Å². The average Bonchev–Trinajstić information content (AvgIpc) is 2.73. The van der Waals surface area contributed by atoms with Gasteiger partial charge in [-0.1, -0.05) is 66.7 Å². The molecule has 132 valence electrons. The zero-order valence-electron chi connectivity index (χ0n) is 14.5. The van der Waals surface area contributed by atoms with Gasteiger partial charge in [0.15, 0.2) is 11.2 Å². The number of anilines is 1. The van der Waals surface area contributed by atoms with E-state index >= 15 is 0 Å². The Hall–Kier alpha value is -3.80. The van der Waals surface area contributed by atoms with Crippen LogP contribution in [0.4, 0.5) is 5.95 Å². The molecule has 2 aromatic carbocycles. The Bertz CT molecular complexity index is 1150. The Labute approximate surface area is 155 Å². The Morgan fingerprint density at radius 2 is 1.48 bits per heavy atom. The maximum atomic E-state index is 12.5. The normalized spacial score (nSPS) is 10.7. The van der Waals surface area contributed by atoms with E-state index in [9.17, 15) is 4.79 Å². The summed E-state index contributed by atoms with van der Waals surface area (Å²) in [7, 11) is 0. The predicted molar refractivity (Wildman–Crippen MR) is 108 cm³/mol. The van der Waals surface area contributed by atoms with E-state index in [-0.39, 0.29) is 11.1 Å². The van der Waals surface area contributed by atoms with Crippen molar-refractivity contribution >= 4 is 17.1 Å². The smallest absolute Gasteiger partial charge is 0.280 e. The van der Waals surface area contributed by atoms with Crippen molar-refractivity contribution in [1.82, 2.24) is 19.9 Å². The van der Waals surface area contributed by atoms with Gasteiger partial charge in [0.25, 0.3) is 5.56 Å². The Morgan fingerprint density at radius 1 is 0.889 bits per heavy atom. The van der Waals surface area contributed by atoms with Crippen molar-refractivity contribution in [2.45, 2.75) is 0 Å². The van der Waals surface area contributed by atoms with Gasteiger partial charge in [-0.15, -0.1) is 6.58 Å². The lowest BCUT2D eigenvalue weighted by Gasteiger charge is -2.10. The third-order valence-electron chi connectivity index (χ3n) is 4.05. The minimum absolute atomic E-state index is 0.206. The summed E-state index contributed by atoms with van der Waals surface area (Å²) < 4.78 is 0. The molecule has 4 rings (SSSR count). The second kappa shape index (κ2) is 7.21. The van der Waals surface area contributed by atoms with Gasteiger partial charge < -0.3 is 5.32 Å². The zero-order valence-corrected chi connectivity index (χ0v) is 14.5. The largest absolute Gasteiger partial charge is 0.352 e. The molecular weight excluding hydrogens is 338 g/mol. The quantitative estimate of drug-likeness (QED) is 0.534. The van der Waals surface area contributed by atoms with Gasteiger partial charge in [0.05, 0.1) is 11.4 Å². The lowest BCUT2D eigenvalue weighted by Crippen LogP contribution is -2.16. The molecule has 6 heteroatoms. The number of aromatic amines is 1. The van der Waals surface area contributed by atoms with Crippen molar-refractivity contribution in [1.29, 1.82) is 0 Å². The van der Waals surface area contributed by atoms with Gasteiger partial charge in [-0.3, -0.25) is 9.78 Å². The molecule has 2 heterocycles. The molecule has 0 radical (unpaired) electrons. The van der Waals surface area contributed by atoms with Crippen LogP contribution in [0.3, 0.4) is 0 Å². The van der Waals surface area contributed by atoms with Crippen molar-refractivity contribution in [2.24, 2.45) is 0 Å². The molecule has 4 aromatic rings. The van der Waals surface area contributed by atoms with Crippen LogP contribution in [0.5, 0.6) is 0 Å². The van der Waals surface area contributed by atoms with Crippen molar-refractivity contribution in [3.63, 3.8) is 0 Å². The zero-order chi connectivity index (χ0) is 18.6. The van der Waals surface area contributed by atoms with E-state index in [4.69, 9.17) is 4.98 Å². The molecule has 0 atom stereocenters. The van der Waals surface area contributed by atoms with Gasteiger partial charge >= 0.3 is 0 Å². The molecule has 0 spiro atoms. The monoisotopic (exact) mass is 355 g/mol. The van der Waals surface area contributed by atoms with Crippen molar-refractivity contribution in [3.8, 4) is 22.5 Å². The van der Waals surface area contributed by atoms with Gasteiger partial charge in [0.2, 0.25) is 5.95 Å². The predicted octanol–water partition coefficient (Wildman–Crippen LogP) is 3.65. The van der Waals surface area contributed by atoms with Gasteiger partial charge in [0.1, 0.15) is 0 Å². The van der Waals surface area contributed by atoms with Crippen LogP contribution in [-0.4, -0.2) is 26.5 Å². The van der Waals surface area contributed by atoms with Crippen LogP contribution in [0.2, 0.25) is 0 Å². The molecule has 2 N–H and O–H groups in total. The summed E-state index contributed by atoms with van der Waals surface area (Å²) in [6, 6.07) is 19.5. The Kier molecular flexibility index (Phi) is 4.45. The summed E-state index contributed by atoms with van der Waals surface area (Å²) in [5, 5.41) is 2.98. The van der Waals surface area contributed by atoms with E-state index in [2.05, 4.69) is 26.8 Å². The van der Waals surface area contributed by atoms with Crippen LogP contribution in [0.15, 0.2) is 78.1 Å². The van der Waals surface area contributed by atoms with E-state index in [1.165, 1.54) is 0 Å². The van der Waals surface area contributed by atoms with E-state index < -0.39 is 0 Å². The number of aromatic nitrogens is 4. The number of nitrogens with one attached hydrogen (secondary N) is 2. The van der Waals surface area contributed by atoms with Crippen LogP contribution < -0.4 is 10.9 Å². The number of H-pyrrole nitrogens is 1. The summed E-state index contributed by atoms with van der Waals surface area (Å²) in [4.78, 5) is 28.9. The summed E-state index contributed by atoms with van der Waals surface area (Å²) in [6.07, 6.45) is 1.68. The van der Waals surface area contributed by atoms with E-state index in [1.807, 2.05) is 60.7 Å². The molecule has 0 aliphatic carbocycles. The third kappa shape index (κ3) is 3.32. The maximum absolute atomic E-state index is 12.5. The number of hydrogen-bond acceptors (Lipinski definition) is 5. The van der Waals surface area contributed by atoms with E-state index in [1.54, 1.807) is 6.08 Å². The van der Waals surface area contributed by atoms with Gasteiger partial charge in [-0.25, -0.2) is 9.97 Å². The fraction of sp³-hybridized carbons (Fsp3) is 0.0476. The maximum Gasteiger partial charge on any atom is 0.280 e. The lowest BCUT2D eigenvalue weighted by molar-refractivity contribution is 1.09. The highest BCUT2D eigenvalue weighted by atomic mass is 16.1. The number of benzene rings is 2. The van der Waals surface area contributed by atoms with Crippen LogP contribution in [0.25, 0.3) is 33.7 Å². The Balaban J connectivity index is 1.99. The number of nitrogens with zero attached hydrogens (tertiary/aromatic N) is 3. The first kappa shape index (κ1) is 16.7. The van der Waals surface area contributed by atoms with Crippen molar-refractivity contribution in [3.05, 3.63) is 83.7 Å². The molecule has 0 aliphatic rings. The molecule has 27 heavy (non-hydrogen) atoms. The molecule has 6 nitrogen and oxygen atoms in total. The first-order chi connectivity index (χ1) is 13.3. The molecule has 0 saturated heterocycles. The van der Waals surface area contributed by atoms with Gasteiger partial charge in [-0.2, -0.15) is 4.98 Å². The molecule has 2 aromatic heterocycles. The highest BCUT2D eigenvalue weighted by molar-refractivity contribution is 5.84. The SMILES string of the molecule is C=CCNc1nc2nc(-c3ccccc3)c(-c3ccccc3)nc2c(=O)[nH]1. The summed E-state index contributed by atoms with van der Waals surface area (Å²) in [6.45, 7) is 4.13. The van der Waals surface area contributed by atoms with Gasteiger partial charge in [-0.05, 0) is 0 Å². The topological polar surface area (TPSA) is 83.6 Å². The first-order valence-corrected chi connectivity index (χ1v) is 8.54. The Morgan fingerprint density at radius 3 is 2.07 bits per heavy atom. The van der Waals surface area contributed by atoms with Crippen LogP contribution in [0, 0.1) is 0 Å². The standard InChI is InChI=1S/C21H17N5O/c1-2-13-22-21-25-19-18(20(27)26-21)23-16(14-9-5-3-6-10-14)17(24-19)15-11-7-4-8-12-15/h2-12H,1,13H2,(H2,22,24,25,26,27). The molecule has 0 bridgehead atoms. The van der Waals surface area contributed by atoms with Crippen molar-refractivity contribution < 1.29 is 0 Å². The molecule has 0 aliphatic heterocycles.